The number of fused-ring (bicyclic) bond motifs is 3. The fraction of sp³-hybridized carbons (Fsp3) is 0. The van der Waals surface area contributed by atoms with Crippen LogP contribution in [-0.2, 0) is 0 Å². The molecule has 0 radical (unpaired) electrons. The topological polar surface area (TPSA) is 84.9 Å². The zero-order chi connectivity index (χ0) is 10.4. The highest BCUT2D eigenvalue weighted by atomic mass is 16.3. The molecule has 0 fully saturated rings. The number of aromatic amines is 1. The smallest absolute Gasteiger partial charge is 0.191 e. The number of pyridine rings is 1. The van der Waals surface area contributed by atoms with E-state index in [2.05, 4.69) is 9.97 Å². The summed E-state index contributed by atoms with van der Waals surface area (Å²) in [6.07, 6.45) is 1.28. The molecule has 0 bridgehead atoms. The lowest BCUT2D eigenvalue weighted by Gasteiger charge is -2.05. The molecule has 1 aromatic heterocycles. The number of anilines is 1. The van der Waals surface area contributed by atoms with Crippen LogP contribution in [0.25, 0.3) is 22.4 Å². The lowest BCUT2D eigenvalue weighted by Crippen LogP contribution is -2.07. The number of aromatic nitrogens is 2. The van der Waals surface area contributed by atoms with Crippen LogP contribution in [0.4, 0.5) is 5.82 Å². The van der Waals surface area contributed by atoms with E-state index in [0.717, 1.165) is 0 Å². The molecule has 1 aliphatic heterocycles. The van der Waals surface area contributed by atoms with Crippen LogP contribution in [0.15, 0.2) is 33.8 Å². The van der Waals surface area contributed by atoms with Crippen LogP contribution >= 0.6 is 0 Å². The Bertz CT molecular complexity index is 668. The van der Waals surface area contributed by atoms with Crippen molar-refractivity contribution in [2.75, 3.05) is 5.73 Å². The van der Waals surface area contributed by atoms with Crippen molar-refractivity contribution in [3.63, 3.8) is 0 Å². The fourth-order valence-electron chi connectivity index (χ4n) is 1.69. The van der Waals surface area contributed by atoms with Gasteiger partial charge in [-0.15, -0.1) is 0 Å². The van der Waals surface area contributed by atoms with Gasteiger partial charge in [0, 0.05) is 0 Å². The SMILES string of the molecule is Nc1[nH]c2cccc(=O)c-2c2ocnc12. The molecule has 5 nitrogen and oxygen atoms in total. The second kappa shape index (κ2) is 2.60. The molecule has 0 atom stereocenters. The second-order valence-electron chi connectivity index (χ2n) is 3.25. The van der Waals surface area contributed by atoms with E-state index in [1.54, 1.807) is 12.1 Å². The van der Waals surface area contributed by atoms with E-state index >= 15 is 0 Å². The van der Waals surface area contributed by atoms with Gasteiger partial charge in [0.05, 0.1) is 11.3 Å². The van der Waals surface area contributed by atoms with E-state index in [1.165, 1.54) is 12.5 Å². The van der Waals surface area contributed by atoms with Crippen LogP contribution in [-0.4, -0.2) is 9.97 Å². The predicted molar refractivity (Wildman–Crippen MR) is 55.7 cm³/mol. The molecule has 3 rings (SSSR count). The minimum Gasteiger partial charge on any atom is -0.442 e. The van der Waals surface area contributed by atoms with Crippen LogP contribution < -0.4 is 11.2 Å². The van der Waals surface area contributed by atoms with Crippen LogP contribution in [0.3, 0.4) is 0 Å². The van der Waals surface area contributed by atoms with Crippen molar-refractivity contribution in [2.24, 2.45) is 0 Å². The minimum absolute atomic E-state index is 0.106. The van der Waals surface area contributed by atoms with Crippen LogP contribution in [0.2, 0.25) is 0 Å². The van der Waals surface area contributed by atoms with Crippen LogP contribution in [0, 0.1) is 0 Å². The van der Waals surface area contributed by atoms with Gasteiger partial charge in [-0.05, 0) is 12.1 Å². The average molecular weight is 201 g/mol. The van der Waals surface area contributed by atoms with Gasteiger partial charge in [0.2, 0.25) is 0 Å². The Balaban J connectivity index is 2.67. The molecule has 5 heteroatoms. The highest BCUT2D eigenvalue weighted by Gasteiger charge is 2.16. The van der Waals surface area contributed by atoms with Gasteiger partial charge in [-0.3, -0.25) is 4.79 Å². The third-order valence-corrected chi connectivity index (χ3v) is 2.35. The molecule has 0 aromatic carbocycles. The van der Waals surface area contributed by atoms with Crippen LogP contribution in [0.1, 0.15) is 0 Å². The summed E-state index contributed by atoms with van der Waals surface area (Å²) in [4.78, 5) is 18.5. The Hall–Kier alpha value is -2.30. The minimum atomic E-state index is -0.106. The third-order valence-electron chi connectivity index (χ3n) is 2.35. The molecule has 2 heterocycles. The van der Waals surface area contributed by atoms with Gasteiger partial charge < -0.3 is 15.1 Å². The second-order valence-corrected chi connectivity index (χ2v) is 3.25. The maximum atomic E-state index is 11.7. The quantitative estimate of drug-likeness (QED) is 0.572. The highest BCUT2D eigenvalue weighted by molar-refractivity contribution is 5.95. The zero-order valence-electron chi connectivity index (χ0n) is 7.65. The number of H-pyrrole nitrogens is 1. The standard InChI is InChI=1S/C10H7N3O2/c11-10-8-9(15-4-12-8)7-5(13-10)2-1-3-6(7)14/h1-4,13H,11H2. The molecule has 0 amide bonds. The molecule has 1 aliphatic carbocycles. The van der Waals surface area contributed by atoms with Gasteiger partial charge in [-0.25, -0.2) is 4.98 Å². The van der Waals surface area contributed by atoms with Gasteiger partial charge in [0.15, 0.2) is 17.4 Å². The Morgan fingerprint density at radius 2 is 2.27 bits per heavy atom. The molecule has 15 heavy (non-hydrogen) atoms. The molecule has 0 saturated heterocycles. The Kier molecular flexibility index (Phi) is 1.39. The van der Waals surface area contributed by atoms with Crippen LogP contribution in [0.5, 0.6) is 0 Å². The van der Waals surface area contributed by atoms with Crippen molar-refractivity contribution < 1.29 is 4.42 Å². The Labute approximate surface area is 83.9 Å². The molecule has 0 saturated carbocycles. The first-order valence-electron chi connectivity index (χ1n) is 4.41. The maximum Gasteiger partial charge on any atom is 0.191 e. The first kappa shape index (κ1) is 8.05. The molecular weight excluding hydrogens is 194 g/mol. The first-order chi connectivity index (χ1) is 7.27. The van der Waals surface area contributed by atoms with Gasteiger partial charge >= 0.3 is 0 Å². The van der Waals surface area contributed by atoms with Crippen molar-refractivity contribution in [3.05, 3.63) is 34.8 Å². The summed E-state index contributed by atoms with van der Waals surface area (Å²) < 4.78 is 5.18. The molecule has 0 unspecified atom stereocenters. The number of hydrogen-bond acceptors (Lipinski definition) is 4. The average Bonchev–Trinajstić information content (AvgIpc) is 2.66. The first-order valence-corrected chi connectivity index (χ1v) is 4.41. The summed E-state index contributed by atoms with van der Waals surface area (Å²) in [6.45, 7) is 0. The number of nitrogens with two attached hydrogens (primary N) is 1. The van der Waals surface area contributed by atoms with E-state index in [0.29, 0.717) is 28.2 Å². The van der Waals surface area contributed by atoms with E-state index in [4.69, 9.17) is 10.2 Å². The zero-order valence-corrected chi connectivity index (χ0v) is 7.65. The van der Waals surface area contributed by atoms with E-state index in [9.17, 15) is 4.79 Å². The lowest BCUT2D eigenvalue weighted by atomic mass is 10.1. The number of rotatable bonds is 0. The van der Waals surface area contributed by atoms with Gasteiger partial charge in [-0.2, -0.15) is 0 Å². The van der Waals surface area contributed by atoms with Gasteiger partial charge in [0.25, 0.3) is 0 Å². The summed E-state index contributed by atoms with van der Waals surface area (Å²) in [6, 6.07) is 4.92. The molecule has 1 aromatic rings. The fourth-order valence-corrected chi connectivity index (χ4v) is 1.69. The molecule has 0 spiro atoms. The van der Waals surface area contributed by atoms with E-state index < -0.39 is 0 Å². The summed E-state index contributed by atoms with van der Waals surface area (Å²) in [5.41, 5.74) is 7.70. The van der Waals surface area contributed by atoms with Crippen molar-refractivity contribution in [3.8, 4) is 11.3 Å². The number of nitrogens with zero attached hydrogens (tertiary/aromatic N) is 1. The van der Waals surface area contributed by atoms with Gasteiger partial charge in [-0.1, -0.05) is 6.07 Å². The van der Waals surface area contributed by atoms with Crippen molar-refractivity contribution >= 4 is 16.9 Å². The predicted octanol–water partition coefficient (Wildman–Crippen LogP) is 1.20. The summed E-state index contributed by atoms with van der Waals surface area (Å²) >= 11 is 0. The normalized spacial score (nSPS) is 11.2. The molecular formula is C10H7N3O2. The Morgan fingerprint density at radius 3 is 3.13 bits per heavy atom. The number of hydrogen-bond donors (Lipinski definition) is 2. The number of oxazole rings is 1. The summed E-state index contributed by atoms with van der Waals surface area (Å²) in [7, 11) is 0. The van der Waals surface area contributed by atoms with E-state index in [-0.39, 0.29) is 5.43 Å². The Morgan fingerprint density at radius 1 is 1.40 bits per heavy atom. The molecule has 74 valence electrons. The van der Waals surface area contributed by atoms with Crippen molar-refractivity contribution in [1.82, 2.24) is 9.97 Å². The number of benzene rings is 1. The summed E-state index contributed by atoms with van der Waals surface area (Å²) in [5.74, 6) is 0.400. The third kappa shape index (κ3) is 0.969. The van der Waals surface area contributed by atoms with Crippen molar-refractivity contribution in [2.45, 2.75) is 0 Å². The van der Waals surface area contributed by atoms with Gasteiger partial charge in [0.1, 0.15) is 11.3 Å². The highest BCUT2D eigenvalue weighted by Crippen LogP contribution is 2.28. The number of nitrogens with one attached hydrogen (secondary N) is 1. The molecule has 3 N–H and O–H groups in total. The van der Waals surface area contributed by atoms with E-state index in [1.807, 2.05) is 0 Å². The lowest BCUT2D eigenvalue weighted by molar-refractivity contribution is 0.602. The molecule has 2 aliphatic rings. The summed E-state index contributed by atoms with van der Waals surface area (Å²) in [5, 5.41) is 0. The monoisotopic (exact) mass is 201 g/mol. The number of nitrogen functional groups attached to an aromatic ring is 1. The maximum absolute atomic E-state index is 11.7. The van der Waals surface area contributed by atoms with Crippen molar-refractivity contribution in [1.29, 1.82) is 0 Å². The largest absolute Gasteiger partial charge is 0.442 e.